The average Bonchev–Trinajstić information content (AvgIpc) is 2.79. The Balaban J connectivity index is 1.34. The molecular weight excluding hydrogens is 374 g/mol. The number of carbonyl (C=O) groups excluding carboxylic acids is 2. The Labute approximate surface area is 179 Å². The van der Waals surface area contributed by atoms with Crippen LogP contribution in [0.15, 0.2) is 48.5 Å². The van der Waals surface area contributed by atoms with E-state index in [1.54, 1.807) is 0 Å². The molecular formula is C25H31N3O2. The Morgan fingerprint density at radius 3 is 2.27 bits per heavy atom. The summed E-state index contributed by atoms with van der Waals surface area (Å²) in [4.78, 5) is 32.3. The maximum absolute atomic E-state index is 13.2. The summed E-state index contributed by atoms with van der Waals surface area (Å²) in [5.41, 5.74) is 4.34. The fraction of sp³-hybridized carbons (Fsp3) is 0.440. The topological polar surface area (TPSA) is 43.9 Å². The maximum Gasteiger partial charge on any atom is 0.253 e. The molecule has 2 amide bonds. The number of nitrogens with zero attached hydrogens (tertiary/aromatic N) is 3. The second kappa shape index (κ2) is 8.90. The van der Waals surface area contributed by atoms with Gasteiger partial charge in [-0.25, -0.2) is 0 Å². The van der Waals surface area contributed by atoms with Crippen LogP contribution < -0.4 is 4.90 Å². The number of carbonyl (C=O) groups is 2. The van der Waals surface area contributed by atoms with E-state index in [1.165, 1.54) is 11.3 Å². The van der Waals surface area contributed by atoms with Crippen LogP contribution in [0, 0.1) is 19.8 Å². The van der Waals surface area contributed by atoms with Crippen molar-refractivity contribution in [2.75, 3.05) is 44.2 Å². The lowest BCUT2D eigenvalue weighted by Gasteiger charge is -2.39. The van der Waals surface area contributed by atoms with Crippen LogP contribution in [-0.4, -0.2) is 60.9 Å². The Hall–Kier alpha value is -2.82. The predicted molar refractivity (Wildman–Crippen MR) is 120 cm³/mol. The average molecular weight is 406 g/mol. The van der Waals surface area contributed by atoms with Crippen LogP contribution in [0.3, 0.4) is 0 Å². The molecule has 2 heterocycles. The van der Waals surface area contributed by atoms with Crippen molar-refractivity contribution < 1.29 is 9.59 Å². The SMILES string of the molecule is Cc1ccc(C(=O)N2CCCC(C(=O)N3CCN(c4cccc(C)c4)CC3)C2)cc1. The van der Waals surface area contributed by atoms with E-state index in [4.69, 9.17) is 0 Å². The van der Waals surface area contributed by atoms with Gasteiger partial charge in [0, 0.05) is 50.5 Å². The highest BCUT2D eigenvalue weighted by atomic mass is 16.2. The summed E-state index contributed by atoms with van der Waals surface area (Å²) in [6.07, 6.45) is 1.76. The Morgan fingerprint density at radius 2 is 1.57 bits per heavy atom. The molecule has 5 nitrogen and oxygen atoms in total. The van der Waals surface area contributed by atoms with E-state index in [-0.39, 0.29) is 17.7 Å². The highest BCUT2D eigenvalue weighted by Crippen LogP contribution is 2.23. The third kappa shape index (κ3) is 4.50. The van der Waals surface area contributed by atoms with Crippen molar-refractivity contribution in [2.45, 2.75) is 26.7 Å². The maximum atomic E-state index is 13.2. The Morgan fingerprint density at radius 1 is 0.833 bits per heavy atom. The van der Waals surface area contributed by atoms with Gasteiger partial charge in [0.25, 0.3) is 5.91 Å². The number of hydrogen-bond acceptors (Lipinski definition) is 3. The van der Waals surface area contributed by atoms with Gasteiger partial charge in [0.2, 0.25) is 5.91 Å². The zero-order valence-corrected chi connectivity index (χ0v) is 18.0. The number of likely N-dealkylation sites (tertiary alicyclic amines) is 1. The molecule has 2 aliphatic rings. The summed E-state index contributed by atoms with van der Waals surface area (Å²) < 4.78 is 0. The molecule has 0 aromatic heterocycles. The zero-order chi connectivity index (χ0) is 21.1. The van der Waals surface area contributed by atoms with Crippen LogP contribution in [0.4, 0.5) is 5.69 Å². The van der Waals surface area contributed by atoms with Crippen LogP contribution in [-0.2, 0) is 4.79 Å². The summed E-state index contributed by atoms with van der Waals surface area (Å²) in [6.45, 7) is 8.59. The minimum Gasteiger partial charge on any atom is -0.368 e. The number of rotatable bonds is 3. The molecule has 1 unspecified atom stereocenters. The van der Waals surface area contributed by atoms with E-state index in [2.05, 4.69) is 36.1 Å². The fourth-order valence-electron chi connectivity index (χ4n) is 4.51. The Bertz CT molecular complexity index is 901. The van der Waals surface area contributed by atoms with Crippen LogP contribution >= 0.6 is 0 Å². The Kier molecular flexibility index (Phi) is 6.07. The highest BCUT2D eigenvalue weighted by molar-refractivity contribution is 5.94. The van der Waals surface area contributed by atoms with Crippen molar-refractivity contribution in [3.05, 3.63) is 65.2 Å². The van der Waals surface area contributed by atoms with Gasteiger partial charge in [0.1, 0.15) is 0 Å². The second-order valence-corrected chi connectivity index (χ2v) is 8.61. The van der Waals surface area contributed by atoms with Gasteiger partial charge in [-0.2, -0.15) is 0 Å². The van der Waals surface area contributed by atoms with E-state index in [9.17, 15) is 9.59 Å². The molecule has 1 atom stereocenters. The van der Waals surface area contributed by atoms with E-state index in [1.807, 2.05) is 41.0 Å². The minimum absolute atomic E-state index is 0.0387. The second-order valence-electron chi connectivity index (χ2n) is 8.61. The lowest BCUT2D eigenvalue weighted by Crippen LogP contribution is -2.53. The molecule has 0 bridgehead atoms. The molecule has 0 saturated carbocycles. The molecule has 158 valence electrons. The third-order valence-corrected chi connectivity index (χ3v) is 6.31. The summed E-state index contributed by atoms with van der Waals surface area (Å²) in [5, 5.41) is 0. The van der Waals surface area contributed by atoms with Crippen LogP contribution in [0.5, 0.6) is 0 Å². The summed E-state index contributed by atoms with van der Waals surface area (Å²) in [6, 6.07) is 16.2. The minimum atomic E-state index is -0.0846. The first kappa shape index (κ1) is 20.5. The summed E-state index contributed by atoms with van der Waals surface area (Å²) in [7, 11) is 0. The smallest absolute Gasteiger partial charge is 0.253 e. The fourth-order valence-corrected chi connectivity index (χ4v) is 4.51. The lowest BCUT2D eigenvalue weighted by atomic mass is 9.95. The van der Waals surface area contributed by atoms with E-state index in [0.29, 0.717) is 12.1 Å². The molecule has 0 N–H and O–H groups in total. The van der Waals surface area contributed by atoms with Gasteiger partial charge in [0.15, 0.2) is 0 Å². The molecule has 4 rings (SSSR count). The molecule has 2 aromatic rings. The van der Waals surface area contributed by atoms with Crippen molar-refractivity contribution in [3.8, 4) is 0 Å². The first-order valence-electron chi connectivity index (χ1n) is 11.0. The zero-order valence-electron chi connectivity index (χ0n) is 18.0. The molecule has 30 heavy (non-hydrogen) atoms. The quantitative estimate of drug-likeness (QED) is 0.785. The van der Waals surface area contributed by atoms with Crippen molar-refractivity contribution >= 4 is 17.5 Å². The van der Waals surface area contributed by atoms with Crippen LogP contribution in [0.2, 0.25) is 0 Å². The first-order valence-corrected chi connectivity index (χ1v) is 11.0. The number of benzene rings is 2. The van der Waals surface area contributed by atoms with Crippen molar-refractivity contribution in [2.24, 2.45) is 5.92 Å². The van der Waals surface area contributed by atoms with E-state index >= 15 is 0 Å². The van der Waals surface area contributed by atoms with Gasteiger partial charge >= 0.3 is 0 Å². The van der Waals surface area contributed by atoms with Crippen LogP contribution in [0.1, 0.15) is 34.3 Å². The molecule has 0 spiro atoms. The number of piperidine rings is 1. The summed E-state index contributed by atoms with van der Waals surface area (Å²) in [5.74, 6) is 0.163. The van der Waals surface area contributed by atoms with Gasteiger partial charge in [-0.3, -0.25) is 9.59 Å². The third-order valence-electron chi connectivity index (χ3n) is 6.31. The van der Waals surface area contributed by atoms with Gasteiger partial charge in [-0.15, -0.1) is 0 Å². The molecule has 2 aliphatic heterocycles. The number of piperazine rings is 1. The van der Waals surface area contributed by atoms with Gasteiger partial charge in [0.05, 0.1) is 5.92 Å². The standard InChI is InChI=1S/C25H31N3O2/c1-19-8-10-21(11-9-19)24(29)28-12-4-6-22(18-28)25(30)27-15-13-26(14-16-27)23-7-3-5-20(2)17-23/h3,5,7-11,17,22H,4,6,12-16,18H2,1-2H3. The first-order chi connectivity index (χ1) is 14.5. The normalized spacial score (nSPS) is 19.7. The lowest BCUT2D eigenvalue weighted by molar-refractivity contribution is -0.137. The highest BCUT2D eigenvalue weighted by Gasteiger charge is 2.32. The number of anilines is 1. The molecule has 2 fully saturated rings. The van der Waals surface area contributed by atoms with Crippen molar-refractivity contribution in [3.63, 3.8) is 0 Å². The molecule has 2 aromatic carbocycles. The predicted octanol–water partition coefficient (Wildman–Crippen LogP) is 3.50. The number of amides is 2. The van der Waals surface area contributed by atoms with E-state index in [0.717, 1.165) is 51.1 Å². The molecule has 5 heteroatoms. The summed E-state index contributed by atoms with van der Waals surface area (Å²) >= 11 is 0. The van der Waals surface area contributed by atoms with Gasteiger partial charge in [-0.1, -0.05) is 29.8 Å². The molecule has 0 radical (unpaired) electrons. The molecule has 2 saturated heterocycles. The number of hydrogen-bond donors (Lipinski definition) is 0. The van der Waals surface area contributed by atoms with Crippen molar-refractivity contribution in [1.82, 2.24) is 9.80 Å². The van der Waals surface area contributed by atoms with Crippen LogP contribution in [0.25, 0.3) is 0 Å². The van der Waals surface area contributed by atoms with E-state index < -0.39 is 0 Å². The van der Waals surface area contributed by atoms with Gasteiger partial charge < -0.3 is 14.7 Å². The monoisotopic (exact) mass is 405 g/mol. The van der Waals surface area contributed by atoms with Crippen molar-refractivity contribution in [1.29, 1.82) is 0 Å². The largest absolute Gasteiger partial charge is 0.368 e. The van der Waals surface area contributed by atoms with Gasteiger partial charge in [-0.05, 0) is 56.5 Å². The molecule has 0 aliphatic carbocycles. The number of aryl methyl sites for hydroxylation is 2.